The molecule has 3 heteroatoms. The third-order valence-electron chi connectivity index (χ3n) is 4.29. The van der Waals surface area contributed by atoms with Crippen LogP contribution in [0.1, 0.15) is 44.9 Å². The molecule has 1 aliphatic heterocycles. The number of hydrogen-bond acceptors (Lipinski definition) is 3. The van der Waals surface area contributed by atoms with Crippen molar-refractivity contribution in [2.24, 2.45) is 17.6 Å². The van der Waals surface area contributed by atoms with E-state index < -0.39 is 0 Å². The highest BCUT2D eigenvalue weighted by atomic mass is 16.5. The fourth-order valence-electron chi connectivity index (χ4n) is 3.16. The highest BCUT2D eigenvalue weighted by Crippen LogP contribution is 2.31. The molecule has 2 aliphatic rings. The first-order valence-corrected chi connectivity index (χ1v) is 7.29. The van der Waals surface area contributed by atoms with E-state index in [0.717, 1.165) is 38.7 Å². The molecule has 2 fully saturated rings. The van der Waals surface area contributed by atoms with Gasteiger partial charge >= 0.3 is 0 Å². The third kappa shape index (κ3) is 4.23. The van der Waals surface area contributed by atoms with Gasteiger partial charge in [-0.25, -0.2) is 0 Å². The van der Waals surface area contributed by atoms with E-state index in [2.05, 4.69) is 0 Å². The standard InChI is InChI=1S/C14H27NO2/c15-10-12-4-1-5-13(12)11-16-8-2-6-14-7-3-9-17-14/h12-14H,1-11,15H2. The van der Waals surface area contributed by atoms with Crippen LogP contribution in [0.3, 0.4) is 0 Å². The van der Waals surface area contributed by atoms with Crippen molar-refractivity contribution in [3.63, 3.8) is 0 Å². The minimum absolute atomic E-state index is 0.516. The van der Waals surface area contributed by atoms with E-state index in [-0.39, 0.29) is 0 Å². The summed E-state index contributed by atoms with van der Waals surface area (Å²) in [5.74, 6) is 1.44. The Kier molecular flexibility index (Phi) is 5.75. The average molecular weight is 241 g/mol. The normalized spacial score (nSPS) is 33.4. The zero-order valence-electron chi connectivity index (χ0n) is 10.9. The smallest absolute Gasteiger partial charge is 0.0576 e. The molecule has 0 aromatic carbocycles. The summed E-state index contributed by atoms with van der Waals surface area (Å²) in [6, 6.07) is 0. The second kappa shape index (κ2) is 7.34. The van der Waals surface area contributed by atoms with E-state index in [1.54, 1.807) is 0 Å². The predicted octanol–water partition coefficient (Wildman–Crippen LogP) is 2.34. The minimum atomic E-state index is 0.516. The quantitative estimate of drug-likeness (QED) is 0.696. The van der Waals surface area contributed by atoms with Gasteiger partial charge in [0.05, 0.1) is 6.10 Å². The molecule has 1 saturated heterocycles. The topological polar surface area (TPSA) is 44.5 Å². The van der Waals surface area contributed by atoms with Crippen LogP contribution in [0.4, 0.5) is 0 Å². The van der Waals surface area contributed by atoms with Gasteiger partial charge in [-0.3, -0.25) is 0 Å². The molecule has 3 unspecified atom stereocenters. The van der Waals surface area contributed by atoms with Crippen LogP contribution in [0.25, 0.3) is 0 Å². The highest BCUT2D eigenvalue weighted by Gasteiger charge is 2.25. The van der Waals surface area contributed by atoms with Crippen molar-refractivity contribution >= 4 is 0 Å². The predicted molar refractivity (Wildman–Crippen MR) is 68.9 cm³/mol. The maximum atomic E-state index is 5.80. The van der Waals surface area contributed by atoms with E-state index in [1.807, 2.05) is 0 Å². The van der Waals surface area contributed by atoms with Gasteiger partial charge in [0.15, 0.2) is 0 Å². The van der Waals surface area contributed by atoms with E-state index >= 15 is 0 Å². The number of nitrogens with two attached hydrogens (primary N) is 1. The van der Waals surface area contributed by atoms with Crippen molar-refractivity contribution in [1.82, 2.24) is 0 Å². The van der Waals surface area contributed by atoms with Gasteiger partial charge in [0.25, 0.3) is 0 Å². The molecule has 100 valence electrons. The highest BCUT2D eigenvalue weighted by molar-refractivity contribution is 4.77. The molecule has 0 aromatic heterocycles. The summed E-state index contributed by atoms with van der Waals surface area (Å²) in [4.78, 5) is 0. The van der Waals surface area contributed by atoms with Gasteiger partial charge in [0.2, 0.25) is 0 Å². The molecule has 17 heavy (non-hydrogen) atoms. The molecule has 3 nitrogen and oxygen atoms in total. The SMILES string of the molecule is NCC1CCCC1COCCCC1CCCO1. The molecule has 0 amide bonds. The molecule has 2 N–H and O–H groups in total. The largest absolute Gasteiger partial charge is 0.381 e. The Hall–Kier alpha value is -0.120. The van der Waals surface area contributed by atoms with Crippen LogP contribution >= 0.6 is 0 Å². The summed E-state index contributed by atoms with van der Waals surface area (Å²) < 4.78 is 11.4. The van der Waals surface area contributed by atoms with Gasteiger partial charge < -0.3 is 15.2 Å². The summed E-state index contributed by atoms with van der Waals surface area (Å²) in [6.45, 7) is 3.62. The first kappa shape index (κ1) is 13.3. The summed E-state index contributed by atoms with van der Waals surface area (Å²) in [6.07, 6.45) is 9.28. The summed E-state index contributed by atoms with van der Waals surface area (Å²) >= 11 is 0. The van der Waals surface area contributed by atoms with E-state index in [0.29, 0.717) is 12.0 Å². The van der Waals surface area contributed by atoms with Crippen LogP contribution < -0.4 is 5.73 Å². The molecule has 1 heterocycles. The lowest BCUT2D eigenvalue weighted by molar-refractivity contribution is 0.0637. The molecule has 0 spiro atoms. The molecule has 1 aliphatic carbocycles. The second-order valence-electron chi connectivity index (χ2n) is 5.54. The van der Waals surface area contributed by atoms with Crippen molar-refractivity contribution < 1.29 is 9.47 Å². The van der Waals surface area contributed by atoms with Gasteiger partial charge in [-0.2, -0.15) is 0 Å². The first-order valence-electron chi connectivity index (χ1n) is 7.29. The van der Waals surface area contributed by atoms with Gasteiger partial charge in [0.1, 0.15) is 0 Å². The van der Waals surface area contributed by atoms with Gasteiger partial charge in [-0.15, -0.1) is 0 Å². The van der Waals surface area contributed by atoms with Gasteiger partial charge in [-0.1, -0.05) is 6.42 Å². The van der Waals surface area contributed by atoms with Crippen LogP contribution in [-0.2, 0) is 9.47 Å². The van der Waals surface area contributed by atoms with Gasteiger partial charge in [0, 0.05) is 19.8 Å². The maximum absolute atomic E-state index is 5.80. The number of ether oxygens (including phenoxy) is 2. The van der Waals surface area contributed by atoms with Crippen LogP contribution in [0.15, 0.2) is 0 Å². The van der Waals surface area contributed by atoms with Crippen molar-refractivity contribution in [2.75, 3.05) is 26.4 Å². The van der Waals surface area contributed by atoms with Crippen LogP contribution in [0, 0.1) is 11.8 Å². The van der Waals surface area contributed by atoms with E-state index in [9.17, 15) is 0 Å². The van der Waals surface area contributed by atoms with Crippen LogP contribution in [0.5, 0.6) is 0 Å². The van der Waals surface area contributed by atoms with Crippen LogP contribution in [-0.4, -0.2) is 32.5 Å². The molecule has 3 atom stereocenters. The summed E-state index contributed by atoms with van der Waals surface area (Å²) in [7, 11) is 0. The minimum Gasteiger partial charge on any atom is -0.381 e. The Morgan fingerprint density at radius 2 is 2.00 bits per heavy atom. The number of rotatable bonds is 7. The van der Waals surface area contributed by atoms with Crippen molar-refractivity contribution in [3.8, 4) is 0 Å². The van der Waals surface area contributed by atoms with Crippen molar-refractivity contribution in [1.29, 1.82) is 0 Å². The maximum Gasteiger partial charge on any atom is 0.0576 e. The lowest BCUT2D eigenvalue weighted by Gasteiger charge is -2.18. The lowest BCUT2D eigenvalue weighted by atomic mass is 9.97. The monoisotopic (exact) mass is 241 g/mol. The number of hydrogen-bond donors (Lipinski definition) is 1. The third-order valence-corrected chi connectivity index (χ3v) is 4.29. The molecule has 0 radical (unpaired) electrons. The van der Waals surface area contributed by atoms with Crippen molar-refractivity contribution in [2.45, 2.75) is 51.0 Å². The van der Waals surface area contributed by atoms with Crippen LogP contribution in [0.2, 0.25) is 0 Å². The first-order chi connectivity index (χ1) is 8.40. The molecular formula is C14H27NO2. The van der Waals surface area contributed by atoms with Crippen molar-refractivity contribution in [3.05, 3.63) is 0 Å². The zero-order valence-corrected chi connectivity index (χ0v) is 10.9. The van der Waals surface area contributed by atoms with Gasteiger partial charge in [-0.05, 0) is 56.9 Å². The fraction of sp³-hybridized carbons (Fsp3) is 1.00. The molecule has 1 saturated carbocycles. The molecule has 0 bridgehead atoms. The molecular weight excluding hydrogens is 214 g/mol. The molecule has 2 rings (SSSR count). The Morgan fingerprint density at radius 1 is 1.12 bits per heavy atom. The summed E-state index contributed by atoms with van der Waals surface area (Å²) in [5.41, 5.74) is 5.77. The second-order valence-corrected chi connectivity index (χ2v) is 5.54. The Bertz CT molecular complexity index is 204. The van der Waals surface area contributed by atoms with E-state index in [4.69, 9.17) is 15.2 Å². The fourth-order valence-corrected chi connectivity index (χ4v) is 3.16. The zero-order chi connectivity index (χ0) is 11.9. The van der Waals surface area contributed by atoms with E-state index in [1.165, 1.54) is 38.5 Å². The Balaban J connectivity index is 1.48. The Labute approximate surface area is 105 Å². The summed E-state index contributed by atoms with van der Waals surface area (Å²) in [5, 5.41) is 0. The molecule has 0 aromatic rings. The lowest BCUT2D eigenvalue weighted by Crippen LogP contribution is -2.22. The average Bonchev–Trinajstić information content (AvgIpc) is 2.98. The Morgan fingerprint density at radius 3 is 2.76 bits per heavy atom.